The SMILES string of the molecule is COc1ccc(CC(=O)N2CCCCC2)cc1F. The van der Waals surface area contributed by atoms with Crippen molar-refractivity contribution in [3.63, 3.8) is 0 Å². The van der Waals surface area contributed by atoms with Crippen molar-refractivity contribution in [2.45, 2.75) is 25.7 Å². The fourth-order valence-electron chi connectivity index (χ4n) is 2.25. The van der Waals surface area contributed by atoms with Crippen molar-refractivity contribution in [2.75, 3.05) is 20.2 Å². The number of carbonyl (C=O) groups excluding carboxylic acids is 1. The van der Waals surface area contributed by atoms with Gasteiger partial charge in [-0.05, 0) is 37.0 Å². The number of nitrogens with zero attached hydrogens (tertiary/aromatic N) is 1. The summed E-state index contributed by atoms with van der Waals surface area (Å²) in [5.74, 6) is -0.120. The van der Waals surface area contributed by atoms with Crippen LogP contribution in [0, 0.1) is 5.82 Å². The minimum Gasteiger partial charge on any atom is -0.494 e. The molecule has 1 aliphatic heterocycles. The predicted molar refractivity (Wildman–Crippen MR) is 67.1 cm³/mol. The van der Waals surface area contributed by atoms with Crippen molar-refractivity contribution in [3.05, 3.63) is 29.6 Å². The molecular weight excluding hydrogens is 233 g/mol. The molecule has 0 unspecified atom stereocenters. The number of amides is 1. The maximum Gasteiger partial charge on any atom is 0.226 e. The van der Waals surface area contributed by atoms with Crippen molar-refractivity contribution in [3.8, 4) is 5.75 Å². The van der Waals surface area contributed by atoms with Crippen LogP contribution in [0.3, 0.4) is 0 Å². The molecule has 4 heteroatoms. The van der Waals surface area contributed by atoms with E-state index in [1.165, 1.54) is 19.6 Å². The van der Waals surface area contributed by atoms with Crippen molar-refractivity contribution in [2.24, 2.45) is 0 Å². The van der Waals surface area contributed by atoms with Crippen LogP contribution in [0.15, 0.2) is 18.2 Å². The molecule has 1 fully saturated rings. The maximum absolute atomic E-state index is 13.5. The highest BCUT2D eigenvalue weighted by atomic mass is 19.1. The van der Waals surface area contributed by atoms with Crippen LogP contribution in [0.2, 0.25) is 0 Å². The van der Waals surface area contributed by atoms with E-state index < -0.39 is 5.82 Å². The van der Waals surface area contributed by atoms with Gasteiger partial charge in [-0.25, -0.2) is 4.39 Å². The zero-order valence-electron chi connectivity index (χ0n) is 10.6. The predicted octanol–water partition coefficient (Wildman–Crippen LogP) is 2.39. The van der Waals surface area contributed by atoms with Crippen molar-refractivity contribution in [1.82, 2.24) is 4.90 Å². The molecule has 1 aliphatic rings. The number of piperidine rings is 1. The zero-order valence-corrected chi connectivity index (χ0v) is 10.6. The van der Waals surface area contributed by atoms with Crippen LogP contribution in [0.4, 0.5) is 4.39 Å². The lowest BCUT2D eigenvalue weighted by atomic mass is 10.1. The van der Waals surface area contributed by atoms with E-state index in [1.807, 2.05) is 4.90 Å². The topological polar surface area (TPSA) is 29.5 Å². The van der Waals surface area contributed by atoms with E-state index in [-0.39, 0.29) is 18.1 Å². The molecule has 2 rings (SSSR count). The number of likely N-dealkylation sites (tertiary alicyclic amines) is 1. The molecule has 0 radical (unpaired) electrons. The van der Waals surface area contributed by atoms with E-state index in [0.717, 1.165) is 25.9 Å². The zero-order chi connectivity index (χ0) is 13.0. The fourth-order valence-corrected chi connectivity index (χ4v) is 2.25. The quantitative estimate of drug-likeness (QED) is 0.825. The molecule has 18 heavy (non-hydrogen) atoms. The van der Waals surface area contributed by atoms with E-state index in [0.29, 0.717) is 5.56 Å². The van der Waals surface area contributed by atoms with Gasteiger partial charge in [-0.15, -0.1) is 0 Å². The van der Waals surface area contributed by atoms with Crippen LogP contribution in [-0.2, 0) is 11.2 Å². The highest BCUT2D eigenvalue weighted by Crippen LogP contribution is 2.19. The maximum atomic E-state index is 13.5. The Kier molecular flexibility index (Phi) is 4.18. The van der Waals surface area contributed by atoms with E-state index in [4.69, 9.17) is 4.74 Å². The molecule has 0 saturated carbocycles. The summed E-state index contributed by atoms with van der Waals surface area (Å²) >= 11 is 0. The lowest BCUT2D eigenvalue weighted by Gasteiger charge is -2.26. The van der Waals surface area contributed by atoms with Crippen molar-refractivity contribution in [1.29, 1.82) is 0 Å². The van der Waals surface area contributed by atoms with Crippen LogP contribution in [0.5, 0.6) is 5.75 Å². The third-order valence-corrected chi connectivity index (χ3v) is 3.28. The minimum absolute atomic E-state index is 0.0827. The first-order valence-corrected chi connectivity index (χ1v) is 6.31. The second-order valence-corrected chi connectivity index (χ2v) is 4.59. The molecule has 1 amide bonds. The molecule has 1 heterocycles. The Labute approximate surface area is 107 Å². The molecule has 1 aromatic rings. The largest absolute Gasteiger partial charge is 0.494 e. The summed E-state index contributed by atoms with van der Waals surface area (Å²) < 4.78 is 18.3. The number of methoxy groups -OCH3 is 1. The Balaban J connectivity index is 2.00. The summed E-state index contributed by atoms with van der Waals surface area (Å²) in [5.41, 5.74) is 0.698. The Bertz CT molecular complexity index is 428. The van der Waals surface area contributed by atoms with E-state index in [2.05, 4.69) is 0 Å². The molecule has 0 aliphatic carbocycles. The van der Waals surface area contributed by atoms with Crippen LogP contribution < -0.4 is 4.74 Å². The molecule has 0 bridgehead atoms. The van der Waals surface area contributed by atoms with Crippen LogP contribution >= 0.6 is 0 Å². The number of benzene rings is 1. The Hall–Kier alpha value is -1.58. The smallest absolute Gasteiger partial charge is 0.226 e. The second kappa shape index (κ2) is 5.85. The molecule has 3 nitrogen and oxygen atoms in total. The van der Waals surface area contributed by atoms with Crippen LogP contribution in [0.1, 0.15) is 24.8 Å². The van der Waals surface area contributed by atoms with Gasteiger partial charge in [-0.2, -0.15) is 0 Å². The van der Waals surface area contributed by atoms with Gasteiger partial charge in [-0.1, -0.05) is 6.07 Å². The van der Waals surface area contributed by atoms with Gasteiger partial charge >= 0.3 is 0 Å². The molecular formula is C14H18FNO2. The molecule has 1 saturated heterocycles. The molecule has 0 atom stereocenters. The highest BCUT2D eigenvalue weighted by molar-refractivity contribution is 5.78. The summed E-state index contributed by atoms with van der Waals surface area (Å²) in [6, 6.07) is 4.68. The first-order chi connectivity index (χ1) is 8.70. The number of ether oxygens (including phenoxy) is 1. The lowest BCUT2D eigenvalue weighted by Crippen LogP contribution is -2.36. The van der Waals surface area contributed by atoms with Gasteiger partial charge in [0.05, 0.1) is 13.5 Å². The van der Waals surface area contributed by atoms with Gasteiger partial charge in [0.25, 0.3) is 0 Å². The average molecular weight is 251 g/mol. The third-order valence-electron chi connectivity index (χ3n) is 3.28. The Morgan fingerprint density at radius 3 is 2.67 bits per heavy atom. The lowest BCUT2D eigenvalue weighted by molar-refractivity contribution is -0.131. The van der Waals surface area contributed by atoms with E-state index in [1.54, 1.807) is 12.1 Å². The average Bonchev–Trinajstić information content (AvgIpc) is 2.40. The summed E-state index contributed by atoms with van der Waals surface area (Å²) in [4.78, 5) is 13.9. The molecule has 0 spiro atoms. The van der Waals surface area contributed by atoms with Crippen molar-refractivity contribution >= 4 is 5.91 Å². The van der Waals surface area contributed by atoms with Gasteiger partial charge in [0, 0.05) is 13.1 Å². The summed E-state index contributed by atoms with van der Waals surface area (Å²) in [7, 11) is 1.43. The fraction of sp³-hybridized carbons (Fsp3) is 0.500. The monoisotopic (exact) mass is 251 g/mol. The summed E-state index contributed by atoms with van der Waals surface area (Å²) in [6.07, 6.45) is 3.60. The van der Waals surface area contributed by atoms with E-state index in [9.17, 15) is 9.18 Å². The van der Waals surface area contributed by atoms with Gasteiger partial charge in [0.1, 0.15) is 0 Å². The normalized spacial score (nSPS) is 15.6. The summed E-state index contributed by atoms with van der Waals surface area (Å²) in [5, 5.41) is 0. The van der Waals surface area contributed by atoms with Crippen LogP contribution in [-0.4, -0.2) is 31.0 Å². The minimum atomic E-state index is -0.415. The van der Waals surface area contributed by atoms with E-state index >= 15 is 0 Å². The highest BCUT2D eigenvalue weighted by Gasteiger charge is 2.17. The standard InChI is InChI=1S/C14H18FNO2/c1-18-13-6-5-11(9-12(13)15)10-14(17)16-7-3-2-4-8-16/h5-6,9H,2-4,7-8,10H2,1H3. The molecule has 1 aromatic carbocycles. The van der Waals surface area contributed by atoms with Crippen LogP contribution in [0.25, 0.3) is 0 Å². The van der Waals surface area contributed by atoms with Gasteiger partial charge in [0.2, 0.25) is 5.91 Å². The molecule has 98 valence electrons. The number of halogens is 1. The first-order valence-electron chi connectivity index (χ1n) is 6.31. The third kappa shape index (κ3) is 3.00. The Morgan fingerprint density at radius 2 is 2.06 bits per heavy atom. The number of hydrogen-bond acceptors (Lipinski definition) is 2. The number of rotatable bonds is 3. The van der Waals surface area contributed by atoms with Gasteiger partial charge in [-0.3, -0.25) is 4.79 Å². The second-order valence-electron chi connectivity index (χ2n) is 4.59. The Morgan fingerprint density at radius 1 is 1.33 bits per heavy atom. The first kappa shape index (κ1) is 12.9. The number of hydrogen-bond donors (Lipinski definition) is 0. The van der Waals surface area contributed by atoms with Gasteiger partial charge < -0.3 is 9.64 Å². The van der Waals surface area contributed by atoms with Gasteiger partial charge in [0.15, 0.2) is 11.6 Å². The number of carbonyl (C=O) groups is 1. The van der Waals surface area contributed by atoms with Crippen molar-refractivity contribution < 1.29 is 13.9 Å². The summed E-state index contributed by atoms with van der Waals surface area (Å²) in [6.45, 7) is 1.66. The molecule has 0 aromatic heterocycles. The molecule has 0 N–H and O–H groups in total.